The number of esters is 1. The van der Waals surface area contributed by atoms with Crippen LogP contribution in [0.4, 0.5) is 4.79 Å². The number of nitrogens with two attached hydrogens (primary N) is 1. The van der Waals surface area contributed by atoms with Crippen molar-refractivity contribution in [1.82, 2.24) is 4.90 Å². The van der Waals surface area contributed by atoms with Crippen LogP contribution in [0.15, 0.2) is 46.6 Å². The molecule has 0 saturated carbocycles. The summed E-state index contributed by atoms with van der Waals surface area (Å²) in [6, 6.07) is 8.22. The van der Waals surface area contributed by atoms with Gasteiger partial charge in [0.2, 0.25) is 0 Å². The first-order chi connectivity index (χ1) is 14.6. The number of nitrogens with zero attached hydrogens (tertiary/aromatic N) is 2. The Balaban J connectivity index is 2.30. The standard InChI is InChI=1S/C22H29N3O6/c1-22(2,3)31-21(28)25-11-16(26)17(18(24-4)19(25)20(27)29-5)15(23)13-30-12-14-9-7-6-8-10-14/h6-10,19H,11-13,23H2,1-5H3. The van der Waals surface area contributed by atoms with Gasteiger partial charge in [-0.15, -0.1) is 0 Å². The third-order valence-corrected chi connectivity index (χ3v) is 4.40. The average Bonchev–Trinajstić information content (AvgIpc) is 2.71. The molecule has 1 aromatic carbocycles. The molecule has 0 spiro atoms. The predicted octanol–water partition coefficient (Wildman–Crippen LogP) is 1.85. The summed E-state index contributed by atoms with van der Waals surface area (Å²) in [7, 11) is 2.60. The molecule has 0 aliphatic carbocycles. The minimum Gasteiger partial charge on any atom is -0.467 e. The number of piperidine rings is 1. The van der Waals surface area contributed by atoms with Crippen LogP contribution >= 0.6 is 0 Å². The maximum atomic E-state index is 12.9. The van der Waals surface area contributed by atoms with Crippen LogP contribution in [0.25, 0.3) is 0 Å². The fourth-order valence-electron chi connectivity index (χ4n) is 3.10. The number of likely N-dealkylation sites (tertiary alicyclic amines) is 1. The van der Waals surface area contributed by atoms with Crippen molar-refractivity contribution in [2.24, 2.45) is 10.7 Å². The maximum Gasteiger partial charge on any atom is 0.411 e. The molecule has 1 aliphatic rings. The highest BCUT2D eigenvalue weighted by Crippen LogP contribution is 2.23. The number of ether oxygens (including phenoxy) is 3. The highest BCUT2D eigenvalue weighted by molar-refractivity contribution is 6.32. The molecule has 2 rings (SSSR count). The lowest BCUT2D eigenvalue weighted by Crippen LogP contribution is -2.58. The number of Topliss-reactive ketones (excluding diaryl/α,β-unsaturated/α-hetero) is 1. The number of methoxy groups -OCH3 is 1. The summed E-state index contributed by atoms with van der Waals surface area (Å²) in [6.45, 7) is 4.91. The molecule has 1 saturated heterocycles. The molecular weight excluding hydrogens is 402 g/mol. The molecule has 9 heteroatoms. The van der Waals surface area contributed by atoms with E-state index in [1.807, 2.05) is 30.3 Å². The van der Waals surface area contributed by atoms with Gasteiger partial charge in [-0.3, -0.25) is 14.7 Å². The zero-order chi connectivity index (χ0) is 23.2. The Bertz CT molecular complexity index is 886. The van der Waals surface area contributed by atoms with Crippen LogP contribution < -0.4 is 5.73 Å². The van der Waals surface area contributed by atoms with Crippen molar-refractivity contribution in [2.75, 3.05) is 27.3 Å². The minimum absolute atomic E-state index is 0.0368. The number of aliphatic imine (C=N–C) groups is 1. The lowest BCUT2D eigenvalue weighted by Gasteiger charge is -2.36. The number of hydrogen-bond donors (Lipinski definition) is 1. The summed E-state index contributed by atoms with van der Waals surface area (Å²) >= 11 is 0. The van der Waals surface area contributed by atoms with E-state index in [-0.39, 0.29) is 23.6 Å². The van der Waals surface area contributed by atoms with Crippen LogP contribution in [0.1, 0.15) is 26.3 Å². The zero-order valence-electron chi connectivity index (χ0n) is 18.5. The Morgan fingerprint density at radius 2 is 1.87 bits per heavy atom. The van der Waals surface area contributed by atoms with Crippen molar-refractivity contribution in [2.45, 2.75) is 39.0 Å². The molecule has 0 aromatic heterocycles. The highest BCUT2D eigenvalue weighted by Gasteiger charge is 2.45. The molecule has 1 fully saturated rings. The summed E-state index contributed by atoms with van der Waals surface area (Å²) in [4.78, 5) is 43.2. The molecule has 1 heterocycles. The summed E-state index contributed by atoms with van der Waals surface area (Å²) in [6.07, 6.45) is -0.824. The first kappa shape index (κ1) is 24.1. The quantitative estimate of drug-likeness (QED) is 0.558. The number of hydrogen-bond acceptors (Lipinski definition) is 8. The van der Waals surface area contributed by atoms with Crippen LogP contribution in [0, 0.1) is 0 Å². The second-order valence-corrected chi connectivity index (χ2v) is 7.94. The number of benzene rings is 1. The SMILES string of the molecule is CN=C1C(=C(N)COCc2ccccc2)C(=O)CN(C(=O)OC(C)(C)C)C1C(=O)OC. The lowest BCUT2D eigenvalue weighted by molar-refractivity contribution is -0.144. The Morgan fingerprint density at radius 3 is 2.42 bits per heavy atom. The number of rotatable bonds is 5. The molecule has 1 amide bonds. The van der Waals surface area contributed by atoms with E-state index in [4.69, 9.17) is 19.9 Å². The van der Waals surface area contributed by atoms with Gasteiger partial charge in [0.15, 0.2) is 11.8 Å². The second-order valence-electron chi connectivity index (χ2n) is 7.94. The molecule has 1 unspecified atom stereocenters. The van der Waals surface area contributed by atoms with Gasteiger partial charge < -0.3 is 19.9 Å². The summed E-state index contributed by atoms with van der Waals surface area (Å²) in [5, 5.41) is 0. The number of carbonyl (C=O) groups is 3. The van der Waals surface area contributed by atoms with Crippen molar-refractivity contribution in [3.05, 3.63) is 47.2 Å². The van der Waals surface area contributed by atoms with Gasteiger partial charge in [0.05, 0.1) is 38.2 Å². The summed E-state index contributed by atoms with van der Waals surface area (Å²) in [5.41, 5.74) is 6.52. The first-order valence-corrected chi connectivity index (χ1v) is 9.77. The number of ketones is 1. The van der Waals surface area contributed by atoms with E-state index in [1.54, 1.807) is 20.8 Å². The van der Waals surface area contributed by atoms with Gasteiger partial charge in [-0.25, -0.2) is 9.59 Å². The Kier molecular flexibility index (Phi) is 7.93. The molecule has 0 bridgehead atoms. The molecule has 31 heavy (non-hydrogen) atoms. The van der Waals surface area contributed by atoms with Gasteiger partial charge >= 0.3 is 12.1 Å². The molecule has 1 aromatic rings. The molecule has 1 aliphatic heterocycles. The maximum absolute atomic E-state index is 12.9. The third kappa shape index (κ3) is 6.14. The predicted molar refractivity (Wildman–Crippen MR) is 114 cm³/mol. The molecule has 9 nitrogen and oxygen atoms in total. The molecule has 1 atom stereocenters. The fourth-order valence-corrected chi connectivity index (χ4v) is 3.10. The van der Waals surface area contributed by atoms with E-state index in [0.717, 1.165) is 10.5 Å². The molecule has 2 N–H and O–H groups in total. The van der Waals surface area contributed by atoms with Gasteiger partial charge in [-0.2, -0.15) is 0 Å². The van der Waals surface area contributed by atoms with Gasteiger partial charge in [0.1, 0.15) is 5.60 Å². The Labute approximate surface area is 181 Å². The van der Waals surface area contributed by atoms with E-state index in [1.165, 1.54) is 14.2 Å². The molecule has 168 valence electrons. The van der Waals surface area contributed by atoms with Crippen LogP contribution in [-0.4, -0.2) is 67.4 Å². The molecule has 0 radical (unpaired) electrons. The summed E-state index contributed by atoms with van der Waals surface area (Å²) < 4.78 is 15.8. The number of amides is 1. The highest BCUT2D eigenvalue weighted by atomic mass is 16.6. The van der Waals surface area contributed by atoms with Crippen molar-refractivity contribution >= 4 is 23.6 Å². The zero-order valence-corrected chi connectivity index (χ0v) is 18.5. The van der Waals surface area contributed by atoms with Crippen molar-refractivity contribution in [1.29, 1.82) is 0 Å². The Morgan fingerprint density at radius 1 is 1.23 bits per heavy atom. The van der Waals surface area contributed by atoms with E-state index in [9.17, 15) is 14.4 Å². The first-order valence-electron chi connectivity index (χ1n) is 9.77. The minimum atomic E-state index is -1.26. The third-order valence-electron chi connectivity index (χ3n) is 4.40. The largest absolute Gasteiger partial charge is 0.467 e. The van der Waals surface area contributed by atoms with E-state index < -0.39 is 36.0 Å². The topological polar surface area (TPSA) is 121 Å². The van der Waals surface area contributed by atoms with E-state index in [2.05, 4.69) is 4.99 Å². The Hall–Kier alpha value is -3.20. The van der Waals surface area contributed by atoms with Crippen LogP contribution in [-0.2, 0) is 30.4 Å². The van der Waals surface area contributed by atoms with Crippen molar-refractivity contribution < 1.29 is 28.6 Å². The van der Waals surface area contributed by atoms with Crippen LogP contribution in [0.2, 0.25) is 0 Å². The molecular formula is C22H29N3O6. The van der Waals surface area contributed by atoms with Crippen LogP contribution in [0.5, 0.6) is 0 Å². The summed E-state index contributed by atoms with van der Waals surface area (Å²) in [5.74, 6) is -1.22. The van der Waals surface area contributed by atoms with Crippen LogP contribution in [0.3, 0.4) is 0 Å². The van der Waals surface area contributed by atoms with Gasteiger partial charge in [-0.1, -0.05) is 30.3 Å². The van der Waals surface area contributed by atoms with E-state index >= 15 is 0 Å². The smallest absolute Gasteiger partial charge is 0.411 e. The van der Waals surface area contributed by atoms with Gasteiger partial charge in [0, 0.05) is 12.7 Å². The number of carbonyl (C=O) groups excluding carboxylic acids is 3. The lowest BCUT2D eigenvalue weighted by atomic mass is 9.91. The van der Waals surface area contributed by atoms with Gasteiger partial charge in [-0.05, 0) is 26.3 Å². The fraction of sp³-hybridized carbons (Fsp3) is 0.455. The monoisotopic (exact) mass is 431 g/mol. The normalized spacial score (nSPS) is 19.9. The van der Waals surface area contributed by atoms with E-state index in [0.29, 0.717) is 6.61 Å². The second kappa shape index (κ2) is 10.2. The van der Waals surface area contributed by atoms with Crippen molar-refractivity contribution in [3.63, 3.8) is 0 Å². The average molecular weight is 431 g/mol. The van der Waals surface area contributed by atoms with Gasteiger partial charge in [0.25, 0.3) is 0 Å². The van der Waals surface area contributed by atoms with Crippen molar-refractivity contribution in [3.8, 4) is 0 Å².